The SMILES string of the molecule is O=C(NCC1CCN(C(=O)CNc2ccc(F)cc2)CC1)C1CCCCCC1. The highest BCUT2D eigenvalue weighted by Gasteiger charge is 2.25. The van der Waals surface area contributed by atoms with Gasteiger partial charge in [0.05, 0.1) is 6.54 Å². The van der Waals surface area contributed by atoms with E-state index < -0.39 is 0 Å². The first-order chi connectivity index (χ1) is 13.6. The van der Waals surface area contributed by atoms with Gasteiger partial charge in [-0.15, -0.1) is 0 Å². The molecular formula is C22H32FN3O2. The molecule has 0 unspecified atom stereocenters. The third-order valence-electron chi connectivity index (χ3n) is 6.05. The fourth-order valence-corrected chi connectivity index (χ4v) is 4.17. The number of amides is 2. The van der Waals surface area contributed by atoms with E-state index >= 15 is 0 Å². The number of benzene rings is 1. The number of halogens is 1. The van der Waals surface area contributed by atoms with Crippen LogP contribution >= 0.6 is 0 Å². The average Bonchev–Trinajstić information content (AvgIpc) is 3.01. The smallest absolute Gasteiger partial charge is 0.241 e. The first kappa shape index (κ1) is 20.6. The Morgan fingerprint density at radius 2 is 1.61 bits per heavy atom. The molecule has 0 aromatic heterocycles. The Kier molecular flexibility index (Phi) is 7.69. The Labute approximate surface area is 167 Å². The molecule has 1 aliphatic heterocycles. The number of nitrogens with one attached hydrogen (secondary N) is 2. The molecule has 2 amide bonds. The van der Waals surface area contributed by atoms with Crippen LogP contribution in [0, 0.1) is 17.7 Å². The van der Waals surface area contributed by atoms with E-state index in [4.69, 9.17) is 0 Å². The summed E-state index contributed by atoms with van der Waals surface area (Å²) in [6.45, 7) is 2.40. The number of rotatable bonds is 6. The van der Waals surface area contributed by atoms with Crippen LogP contribution in [0.4, 0.5) is 10.1 Å². The Balaban J connectivity index is 1.33. The molecule has 28 heavy (non-hydrogen) atoms. The van der Waals surface area contributed by atoms with E-state index in [1.165, 1.54) is 37.8 Å². The largest absolute Gasteiger partial charge is 0.376 e. The van der Waals surface area contributed by atoms with Crippen LogP contribution in [0.5, 0.6) is 0 Å². The van der Waals surface area contributed by atoms with Crippen molar-refractivity contribution in [2.45, 2.75) is 51.4 Å². The number of carbonyl (C=O) groups excluding carboxylic acids is 2. The van der Waals surface area contributed by atoms with Crippen LogP contribution in [0.25, 0.3) is 0 Å². The standard InChI is InChI=1S/C22H32FN3O2/c23-19-7-9-20(10-8-19)24-16-21(27)26-13-11-17(12-14-26)15-25-22(28)18-5-3-1-2-4-6-18/h7-10,17-18,24H,1-6,11-16H2,(H,25,28). The van der Waals surface area contributed by atoms with Crippen molar-refractivity contribution >= 4 is 17.5 Å². The van der Waals surface area contributed by atoms with E-state index in [1.54, 1.807) is 12.1 Å². The topological polar surface area (TPSA) is 61.4 Å². The molecule has 0 atom stereocenters. The summed E-state index contributed by atoms with van der Waals surface area (Å²) in [5, 5.41) is 6.21. The quantitative estimate of drug-likeness (QED) is 0.732. The highest BCUT2D eigenvalue weighted by molar-refractivity contribution is 5.81. The van der Waals surface area contributed by atoms with Gasteiger partial charge in [-0.3, -0.25) is 9.59 Å². The van der Waals surface area contributed by atoms with Crippen molar-refractivity contribution in [2.75, 3.05) is 31.5 Å². The Morgan fingerprint density at radius 1 is 0.964 bits per heavy atom. The zero-order valence-corrected chi connectivity index (χ0v) is 16.6. The van der Waals surface area contributed by atoms with Gasteiger partial charge in [0.2, 0.25) is 11.8 Å². The summed E-state index contributed by atoms with van der Waals surface area (Å²) in [6, 6.07) is 6.01. The number of carbonyl (C=O) groups is 2. The number of hydrogen-bond acceptors (Lipinski definition) is 3. The number of anilines is 1. The van der Waals surface area contributed by atoms with E-state index in [2.05, 4.69) is 10.6 Å². The summed E-state index contributed by atoms with van der Waals surface area (Å²) in [7, 11) is 0. The molecular weight excluding hydrogens is 357 g/mol. The van der Waals surface area contributed by atoms with Gasteiger partial charge < -0.3 is 15.5 Å². The Bertz CT molecular complexity index is 634. The van der Waals surface area contributed by atoms with Crippen LogP contribution in [0.3, 0.4) is 0 Å². The predicted molar refractivity (Wildman–Crippen MR) is 108 cm³/mol. The number of hydrogen-bond donors (Lipinski definition) is 2. The molecule has 2 N–H and O–H groups in total. The van der Waals surface area contributed by atoms with Gasteiger partial charge in [-0.1, -0.05) is 25.7 Å². The molecule has 154 valence electrons. The fraction of sp³-hybridized carbons (Fsp3) is 0.636. The van der Waals surface area contributed by atoms with Gasteiger partial charge in [-0.2, -0.15) is 0 Å². The van der Waals surface area contributed by atoms with E-state index in [9.17, 15) is 14.0 Å². The third-order valence-corrected chi connectivity index (χ3v) is 6.05. The van der Waals surface area contributed by atoms with Gasteiger partial charge in [0, 0.05) is 31.2 Å². The first-order valence-electron chi connectivity index (χ1n) is 10.7. The summed E-state index contributed by atoms with van der Waals surface area (Å²) in [6.07, 6.45) is 8.76. The molecule has 2 aliphatic rings. The zero-order valence-electron chi connectivity index (χ0n) is 16.6. The molecule has 1 aromatic carbocycles. The highest BCUT2D eigenvalue weighted by Crippen LogP contribution is 2.23. The number of likely N-dealkylation sites (tertiary alicyclic amines) is 1. The Morgan fingerprint density at radius 3 is 2.25 bits per heavy atom. The summed E-state index contributed by atoms with van der Waals surface area (Å²) < 4.78 is 12.9. The maximum Gasteiger partial charge on any atom is 0.241 e. The van der Waals surface area contributed by atoms with Crippen molar-refractivity contribution in [1.29, 1.82) is 0 Å². The van der Waals surface area contributed by atoms with Crippen molar-refractivity contribution in [3.63, 3.8) is 0 Å². The second-order valence-corrected chi connectivity index (χ2v) is 8.12. The second kappa shape index (κ2) is 10.4. The minimum absolute atomic E-state index is 0.0604. The molecule has 0 bridgehead atoms. The first-order valence-corrected chi connectivity index (χ1v) is 10.7. The van der Waals surface area contributed by atoms with Crippen LogP contribution in [-0.4, -0.2) is 42.9 Å². The summed E-state index contributed by atoms with van der Waals surface area (Å²) in [4.78, 5) is 26.6. The molecule has 1 aromatic rings. The predicted octanol–water partition coefficient (Wildman–Crippen LogP) is 3.56. The van der Waals surface area contributed by atoms with E-state index in [-0.39, 0.29) is 30.1 Å². The maximum atomic E-state index is 12.9. The number of piperidine rings is 1. The minimum atomic E-state index is -0.287. The van der Waals surface area contributed by atoms with Gasteiger partial charge in [0.25, 0.3) is 0 Å². The van der Waals surface area contributed by atoms with E-state index in [1.807, 2.05) is 4.90 Å². The zero-order chi connectivity index (χ0) is 19.8. The Hall–Kier alpha value is -2.11. The van der Waals surface area contributed by atoms with Crippen molar-refractivity contribution < 1.29 is 14.0 Å². The van der Waals surface area contributed by atoms with Gasteiger partial charge in [0.15, 0.2) is 0 Å². The van der Waals surface area contributed by atoms with Crippen molar-refractivity contribution in [3.8, 4) is 0 Å². The van der Waals surface area contributed by atoms with Crippen molar-refractivity contribution in [2.24, 2.45) is 11.8 Å². The molecule has 6 heteroatoms. The molecule has 1 heterocycles. The molecule has 5 nitrogen and oxygen atoms in total. The van der Waals surface area contributed by atoms with Gasteiger partial charge in [-0.25, -0.2) is 4.39 Å². The van der Waals surface area contributed by atoms with Crippen LogP contribution < -0.4 is 10.6 Å². The van der Waals surface area contributed by atoms with Crippen LogP contribution in [0.2, 0.25) is 0 Å². The van der Waals surface area contributed by atoms with Gasteiger partial charge in [-0.05, 0) is 55.9 Å². The molecule has 3 rings (SSSR count). The number of nitrogens with zero attached hydrogens (tertiary/aromatic N) is 1. The molecule has 0 spiro atoms. The average molecular weight is 390 g/mol. The molecule has 2 fully saturated rings. The lowest BCUT2D eigenvalue weighted by Crippen LogP contribution is -2.44. The third kappa shape index (κ3) is 6.21. The van der Waals surface area contributed by atoms with Gasteiger partial charge >= 0.3 is 0 Å². The molecule has 1 saturated heterocycles. The lowest BCUT2D eigenvalue weighted by Gasteiger charge is -2.32. The highest BCUT2D eigenvalue weighted by atomic mass is 19.1. The van der Waals surface area contributed by atoms with E-state index in [0.29, 0.717) is 5.92 Å². The summed E-state index contributed by atoms with van der Waals surface area (Å²) in [5.74, 6) is 0.643. The summed E-state index contributed by atoms with van der Waals surface area (Å²) >= 11 is 0. The summed E-state index contributed by atoms with van der Waals surface area (Å²) in [5.41, 5.74) is 0.742. The van der Waals surface area contributed by atoms with Crippen molar-refractivity contribution in [3.05, 3.63) is 30.1 Å². The van der Waals surface area contributed by atoms with E-state index in [0.717, 1.165) is 51.0 Å². The van der Waals surface area contributed by atoms with Crippen LogP contribution in [0.15, 0.2) is 24.3 Å². The minimum Gasteiger partial charge on any atom is -0.376 e. The van der Waals surface area contributed by atoms with Crippen LogP contribution in [0.1, 0.15) is 51.4 Å². The monoisotopic (exact) mass is 389 g/mol. The molecule has 0 radical (unpaired) electrons. The van der Waals surface area contributed by atoms with Crippen LogP contribution in [-0.2, 0) is 9.59 Å². The second-order valence-electron chi connectivity index (χ2n) is 8.12. The molecule has 1 aliphatic carbocycles. The fourth-order valence-electron chi connectivity index (χ4n) is 4.17. The lowest BCUT2D eigenvalue weighted by atomic mass is 9.95. The van der Waals surface area contributed by atoms with Gasteiger partial charge in [0.1, 0.15) is 5.82 Å². The molecule has 1 saturated carbocycles. The maximum absolute atomic E-state index is 12.9. The lowest BCUT2D eigenvalue weighted by molar-refractivity contribution is -0.131. The normalized spacial score (nSPS) is 19.1. The van der Waals surface area contributed by atoms with Crippen molar-refractivity contribution in [1.82, 2.24) is 10.2 Å².